The van der Waals surface area contributed by atoms with Crippen molar-refractivity contribution in [1.29, 1.82) is 5.26 Å². The van der Waals surface area contributed by atoms with Gasteiger partial charge in [0.1, 0.15) is 11.6 Å². The lowest BCUT2D eigenvalue weighted by Gasteiger charge is -2.15. The highest BCUT2D eigenvalue weighted by Gasteiger charge is 2.16. The zero-order valence-corrected chi connectivity index (χ0v) is 12.4. The molecule has 1 atom stereocenters. The Bertz CT molecular complexity index is 726. The maximum atomic E-state index is 13.0. The molecule has 0 aromatic heterocycles. The first-order valence-electron chi connectivity index (χ1n) is 6.42. The lowest BCUT2D eigenvalue weighted by Crippen LogP contribution is -2.30. The Morgan fingerprint density at radius 1 is 1.32 bits per heavy atom. The quantitative estimate of drug-likeness (QED) is 0.933. The van der Waals surface area contributed by atoms with E-state index in [1.54, 1.807) is 31.2 Å². The molecular weight excluding hydrogens is 307 g/mol. The van der Waals surface area contributed by atoms with E-state index in [0.717, 1.165) is 6.07 Å². The molecule has 0 unspecified atom stereocenters. The van der Waals surface area contributed by atoms with Crippen LogP contribution < -0.4 is 10.1 Å². The van der Waals surface area contributed by atoms with Crippen molar-refractivity contribution in [1.82, 2.24) is 0 Å². The van der Waals surface area contributed by atoms with Crippen molar-refractivity contribution in [3.8, 4) is 11.8 Å². The van der Waals surface area contributed by atoms with E-state index >= 15 is 0 Å². The largest absolute Gasteiger partial charge is 0.479 e. The lowest BCUT2D eigenvalue weighted by molar-refractivity contribution is -0.122. The molecule has 1 amide bonds. The van der Waals surface area contributed by atoms with Crippen LogP contribution in [0, 0.1) is 17.1 Å². The molecule has 1 N–H and O–H groups in total. The van der Waals surface area contributed by atoms with Crippen molar-refractivity contribution >= 4 is 23.2 Å². The van der Waals surface area contributed by atoms with Crippen molar-refractivity contribution in [2.75, 3.05) is 5.32 Å². The van der Waals surface area contributed by atoms with Crippen LogP contribution >= 0.6 is 11.6 Å². The smallest absolute Gasteiger partial charge is 0.265 e. The standard InChI is InChI=1S/C16H12ClFN2O2/c1-10(22-15-7-4-12(18)8-14(15)17)16(21)20-13-5-2-11(9-19)3-6-13/h2-8,10H,1H3,(H,20,21)/t10-/m1/s1. The van der Waals surface area contributed by atoms with Gasteiger partial charge in [-0.25, -0.2) is 4.39 Å². The molecule has 0 bridgehead atoms. The maximum absolute atomic E-state index is 13.0. The molecule has 0 aliphatic heterocycles. The summed E-state index contributed by atoms with van der Waals surface area (Å²) in [5.74, 6) is -0.636. The number of amides is 1. The molecule has 2 aromatic carbocycles. The van der Waals surface area contributed by atoms with E-state index in [1.807, 2.05) is 6.07 Å². The molecule has 2 rings (SSSR count). The van der Waals surface area contributed by atoms with Crippen LogP contribution in [0.25, 0.3) is 0 Å². The topological polar surface area (TPSA) is 62.1 Å². The molecule has 0 heterocycles. The Labute approximate surface area is 132 Å². The molecule has 0 saturated heterocycles. The molecule has 0 aliphatic rings. The number of nitrogens with one attached hydrogen (secondary N) is 1. The van der Waals surface area contributed by atoms with E-state index < -0.39 is 11.9 Å². The number of nitrogens with zero attached hydrogens (tertiary/aromatic N) is 1. The summed E-state index contributed by atoms with van der Waals surface area (Å²) in [6.07, 6.45) is -0.821. The first kappa shape index (κ1) is 15.8. The van der Waals surface area contributed by atoms with Crippen molar-refractivity contribution in [3.63, 3.8) is 0 Å². The molecule has 0 fully saturated rings. The third kappa shape index (κ3) is 3.96. The summed E-state index contributed by atoms with van der Waals surface area (Å²) < 4.78 is 18.4. The minimum absolute atomic E-state index is 0.0954. The summed E-state index contributed by atoms with van der Waals surface area (Å²) in [6.45, 7) is 1.55. The molecule has 0 spiro atoms. The van der Waals surface area contributed by atoms with E-state index in [9.17, 15) is 9.18 Å². The summed E-state index contributed by atoms with van der Waals surface area (Å²) in [4.78, 5) is 12.0. The summed E-state index contributed by atoms with van der Waals surface area (Å²) >= 11 is 5.84. The van der Waals surface area contributed by atoms with E-state index in [2.05, 4.69) is 5.32 Å². The van der Waals surface area contributed by atoms with Gasteiger partial charge in [-0.15, -0.1) is 0 Å². The van der Waals surface area contributed by atoms with Gasteiger partial charge in [0.15, 0.2) is 6.10 Å². The highest BCUT2D eigenvalue weighted by atomic mass is 35.5. The number of anilines is 1. The molecule has 0 saturated carbocycles. The van der Waals surface area contributed by atoms with Crippen LogP contribution in [0.5, 0.6) is 5.75 Å². The van der Waals surface area contributed by atoms with E-state index in [0.29, 0.717) is 11.3 Å². The summed E-state index contributed by atoms with van der Waals surface area (Å²) in [7, 11) is 0. The summed E-state index contributed by atoms with van der Waals surface area (Å²) in [5.41, 5.74) is 1.05. The van der Waals surface area contributed by atoms with E-state index in [-0.39, 0.29) is 16.7 Å². The van der Waals surface area contributed by atoms with Gasteiger partial charge in [-0.2, -0.15) is 5.26 Å². The van der Waals surface area contributed by atoms with Gasteiger partial charge < -0.3 is 10.1 Å². The van der Waals surface area contributed by atoms with Gasteiger partial charge in [-0.05, 0) is 49.4 Å². The number of nitriles is 1. The SMILES string of the molecule is C[C@@H](Oc1ccc(F)cc1Cl)C(=O)Nc1ccc(C#N)cc1. The molecule has 0 radical (unpaired) electrons. The highest BCUT2D eigenvalue weighted by molar-refractivity contribution is 6.32. The number of carbonyl (C=O) groups excluding carboxylic acids is 1. The number of hydrogen-bond donors (Lipinski definition) is 1. The second-order valence-corrected chi connectivity index (χ2v) is 4.92. The predicted octanol–water partition coefficient (Wildman–Crippen LogP) is 3.76. The van der Waals surface area contributed by atoms with Gasteiger partial charge in [0.2, 0.25) is 0 Å². The van der Waals surface area contributed by atoms with E-state index in [1.165, 1.54) is 12.1 Å². The average molecular weight is 319 g/mol. The van der Waals surface area contributed by atoms with Crippen molar-refractivity contribution in [2.24, 2.45) is 0 Å². The van der Waals surface area contributed by atoms with E-state index in [4.69, 9.17) is 21.6 Å². The maximum Gasteiger partial charge on any atom is 0.265 e. The number of rotatable bonds is 4. The fourth-order valence-electron chi connectivity index (χ4n) is 1.69. The second kappa shape index (κ2) is 6.92. The van der Waals surface area contributed by atoms with Crippen molar-refractivity contribution in [3.05, 3.63) is 58.9 Å². The zero-order chi connectivity index (χ0) is 16.1. The van der Waals surface area contributed by atoms with Crippen molar-refractivity contribution in [2.45, 2.75) is 13.0 Å². The van der Waals surface area contributed by atoms with Crippen LogP contribution in [0.2, 0.25) is 5.02 Å². The minimum Gasteiger partial charge on any atom is -0.479 e. The fourth-order valence-corrected chi connectivity index (χ4v) is 1.90. The average Bonchev–Trinajstić information content (AvgIpc) is 2.50. The minimum atomic E-state index is -0.821. The summed E-state index contributed by atoms with van der Waals surface area (Å²) in [6, 6.07) is 12.1. The molecular formula is C16H12ClFN2O2. The van der Waals surface area contributed by atoms with Crippen LogP contribution in [-0.2, 0) is 4.79 Å². The first-order valence-corrected chi connectivity index (χ1v) is 6.80. The van der Waals surface area contributed by atoms with Gasteiger partial charge in [0.25, 0.3) is 5.91 Å². The third-order valence-corrected chi connectivity index (χ3v) is 3.14. The van der Waals surface area contributed by atoms with Gasteiger partial charge in [0.05, 0.1) is 16.7 Å². The zero-order valence-electron chi connectivity index (χ0n) is 11.6. The first-order chi connectivity index (χ1) is 10.5. The summed E-state index contributed by atoms with van der Waals surface area (Å²) in [5, 5.41) is 11.5. The van der Waals surface area contributed by atoms with Crippen LogP contribution in [-0.4, -0.2) is 12.0 Å². The third-order valence-electron chi connectivity index (χ3n) is 2.85. The Kier molecular flexibility index (Phi) is 4.97. The Morgan fingerprint density at radius 3 is 2.59 bits per heavy atom. The number of ether oxygens (including phenoxy) is 1. The number of halogens is 2. The molecule has 0 aliphatic carbocycles. The Hall–Kier alpha value is -2.58. The van der Waals surface area contributed by atoms with Gasteiger partial charge >= 0.3 is 0 Å². The van der Waals surface area contributed by atoms with Gasteiger partial charge in [-0.1, -0.05) is 11.6 Å². The van der Waals surface area contributed by atoms with Crippen LogP contribution in [0.15, 0.2) is 42.5 Å². The van der Waals surface area contributed by atoms with Crippen LogP contribution in [0.4, 0.5) is 10.1 Å². The molecule has 112 valence electrons. The predicted molar refractivity (Wildman–Crippen MR) is 81.3 cm³/mol. The number of carbonyl (C=O) groups is 1. The number of benzene rings is 2. The second-order valence-electron chi connectivity index (χ2n) is 4.51. The normalized spacial score (nSPS) is 11.4. The molecule has 22 heavy (non-hydrogen) atoms. The number of hydrogen-bond acceptors (Lipinski definition) is 3. The Balaban J connectivity index is 2.01. The monoisotopic (exact) mass is 318 g/mol. The van der Waals surface area contributed by atoms with Crippen LogP contribution in [0.1, 0.15) is 12.5 Å². The van der Waals surface area contributed by atoms with Gasteiger partial charge in [-0.3, -0.25) is 4.79 Å². The lowest BCUT2D eigenvalue weighted by atomic mass is 10.2. The van der Waals surface area contributed by atoms with Gasteiger partial charge in [0, 0.05) is 5.69 Å². The fraction of sp³-hybridized carbons (Fsp3) is 0.125. The Morgan fingerprint density at radius 2 is 2.00 bits per heavy atom. The molecule has 4 nitrogen and oxygen atoms in total. The van der Waals surface area contributed by atoms with Crippen LogP contribution in [0.3, 0.4) is 0 Å². The van der Waals surface area contributed by atoms with Crippen molar-refractivity contribution < 1.29 is 13.9 Å². The highest BCUT2D eigenvalue weighted by Crippen LogP contribution is 2.26. The molecule has 2 aromatic rings. The molecule has 6 heteroatoms.